The summed E-state index contributed by atoms with van der Waals surface area (Å²) in [6.45, 7) is 12.2. The maximum atomic E-state index is 3.57. The monoisotopic (exact) mass is 274 g/mol. The maximum Gasteiger partial charge on any atom is 0.0236 e. The first-order valence-electron chi connectivity index (χ1n) is 8.05. The van der Waals surface area contributed by atoms with Gasteiger partial charge in [0, 0.05) is 24.7 Å². The van der Waals surface area contributed by atoms with E-state index in [1.54, 1.807) is 0 Å². The van der Waals surface area contributed by atoms with Gasteiger partial charge in [0.2, 0.25) is 0 Å². The Kier molecular flexibility index (Phi) is 5.22. The molecular formula is C18H30N2. The molecule has 1 saturated carbocycles. The summed E-state index contributed by atoms with van der Waals surface area (Å²) in [4.78, 5) is 2.65. The molecule has 20 heavy (non-hydrogen) atoms. The van der Waals surface area contributed by atoms with Crippen LogP contribution in [-0.2, 0) is 13.1 Å². The lowest BCUT2D eigenvalue weighted by atomic mass is 10.1. The topological polar surface area (TPSA) is 15.3 Å². The lowest BCUT2D eigenvalue weighted by molar-refractivity contribution is 0.255. The molecule has 0 atom stereocenters. The summed E-state index contributed by atoms with van der Waals surface area (Å²) in [5.41, 5.74) is 3.03. The van der Waals surface area contributed by atoms with E-state index >= 15 is 0 Å². The van der Waals surface area contributed by atoms with Gasteiger partial charge >= 0.3 is 0 Å². The second-order valence-electron chi connectivity index (χ2n) is 7.13. The third-order valence-corrected chi connectivity index (χ3v) is 3.77. The summed E-state index contributed by atoms with van der Waals surface area (Å²) in [5, 5.41) is 3.57. The van der Waals surface area contributed by atoms with Crippen LogP contribution in [-0.4, -0.2) is 23.0 Å². The summed E-state index contributed by atoms with van der Waals surface area (Å²) in [6, 6.07) is 9.91. The van der Waals surface area contributed by atoms with E-state index in [-0.39, 0.29) is 5.54 Å². The molecular weight excluding hydrogens is 244 g/mol. The smallest absolute Gasteiger partial charge is 0.0236 e. The molecule has 1 N–H and O–H groups in total. The van der Waals surface area contributed by atoms with Crippen LogP contribution >= 0.6 is 0 Å². The van der Waals surface area contributed by atoms with E-state index in [9.17, 15) is 0 Å². The van der Waals surface area contributed by atoms with Gasteiger partial charge in [-0.2, -0.15) is 0 Å². The first-order valence-corrected chi connectivity index (χ1v) is 8.05. The highest BCUT2D eigenvalue weighted by Gasteiger charge is 2.28. The Labute approximate surface area is 124 Å². The van der Waals surface area contributed by atoms with Gasteiger partial charge < -0.3 is 5.32 Å². The van der Waals surface area contributed by atoms with Gasteiger partial charge in [-0.3, -0.25) is 4.90 Å². The molecule has 1 aromatic rings. The number of hydrogen-bond acceptors (Lipinski definition) is 2. The van der Waals surface area contributed by atoms with Gasteiger partial charge in [0.25, 0.3) is 0 Å². The summed E-state index contributed by atoms with van der Waals surface area (Å²) < 4.78 is 0. The molecule has 0 aromatic heterocycles. The first-order chi connectivity index (χ1) is 9.48. The number of rotatable bonds is 7. The lowest BCUT2D eigenvalue weighted by Gasteiger charge is -2.23. The van der Waals surface area contributed by atoms with Crippen LogP contribution in [0.4, 0.5) is 0 Å². The molecule has 2 nitrogen and oxygen atoms in total. The van der Waals surface area contributed by atoms with Crippen molar-refractivity contribution in [2.45, 2.75) is 71.6 Å². The molecule has 1 aliphatic carbocycles. The van der Waals surface area contributed by atoms with E-state index in [0.29, 0.717) is 0 Å². The highest BCUT2D eigenvalue weighted by atomic mass is 15.2. The largest absolute Gasteiger partial charge is 0.308 e. The lowest BCUT2D eigenvalue weighted by Crippen LogP contribution is -2.35. The van der Waals surface area contributed by atoms with Crippen LogP contribution in [0.5, 0.6) is 0 Å². The van der Waals surface area contributed by atoms with Crippen LogP contribution in [0.2, 0.25) is 0 Å². The predicted octanol–water partition coefficient (Wildman–Crippen LogP) is 3.95. The van der Waals surface area contributed by atoms with E-state index in [2.05, 4.69) is 62.2 Å². The molecule has 1 aliphatic rings. The fourth-order valence-corrected chi connectivity index (χ4v) is 2.56. The predicted molar refractivity (Wildman–Crippen MR) is 86.8 cm³/mol. The highest BCUT2D eigenvalue weighted by Crippen LogP contribution is 2.28. The van der Waals surface area contributed by atoms with Crippen LogP contribution in [0.1, 0.15) is 58.1 Å². The van der Waals surface area contributed by atoms with E-state index in [0.717, 1.165) is 19.1 Å². The molecule has 0 aliphatic heterocycles. The number of nitrogens with zero attached hydrogens (tertiary/aromatic N) is 1. The fraction of sp³-hybridized carbons (Fsp3) is 0.667. The minimum absolute atomic E-state index is 0.179. The second-order valence-corrected chi connectivity index (χ2v) is 7.13. The standard InChI is InChI=1S/C18H30N2/c1-5-11-20(17-9-10-17)14-16-8-6-7-15(12-16)13-19-18(2,3)4/h6-8,12,17,19H,5,9-11,13-14H2,1-4H3. The third kappa shape index (κ3) is 5.26. The summed E-state index contributed by atoms with van der Waals surface area (Å²) in [6.07, 6.45) is 4.04. The molecule has 2 rings (SSSR count). The van der Waals surface area contributed by atoms with Crippen molar-refractivity contribution in [1.82, 2.24) is 10.2 Å². The SMILES string of the molecule is CCCN(Cc1cccc(CNC(C)(C)C)c1)C1CC1. The Bertz CT molecular complexity index is 416. The van der Waals surface area contributed by atoms with Crippen molar-refractivity contribution in [3.05, 3.63) is 35.4 Å². The highest BCUT2D eigenvalue weighted by molar-refractivity contribution is 5.23. The van der Waals surface area contributed by atoms with Crippen LogP contribution < -0.4 is 5.32 Å². The summed E-state index contributed by atoms with van der Waals surface area (Å²) >= 11 is 0. The molecule has 112 valence electrons. The van der Waals surface area contributed by atoms with Gasteiger partial charge in [0.1, 0.15) is 0 Å². The molecule has 1 fully saturated rings. The summed E-state index contributed by atoms with van der Waals surface area (Å²) in [5.74, 6) is 0. The van der Waals surface area contributed by atoms with Gasteiger partial charge in [-0.15, -0.1) is 0 Å². The van der Waals surface area contributed by atoms with Gasteiger partial charge in [-0.1, -0.05) is 31.2 Å². The van der Waals surface area contributed by atoms with Crippen molar-refractivity contribution in [2.24, 2.45) is 0 Å². The van der Waals surface area contributed by atoms with E-state index in [1.165, 1.54) is 36.9 Å². The summed E-state index contributed by atoms with van der Waals surface area (Å²) in [7, 11) is 0. The van der Waals surface area contributed by atoms with E-state index in [1.807, 2.05) is 0 Å². The maximum absolute atomic E-state index is 3.57. The van der Waals surface area contributed by atoms with Gasteiger partial charge in [0.05, 0.1) is 0 Å². The average molecular weight is 274 g/mol. The van der Waals surface area contributed by atoms with Crippen molar-refractivity contribution in [3.8, 4) is 0 Å². The molecule has 0 unspecified atom stereocenters. The van der Waals surface area contributed by atoms with Crippen LogP contribution in [0, 0.1) is 0 Å². The molecule has 0 heterocycles. The van der Waals surface area contributed by atoms with Crippen molar-refractivity contribution >= 4 is 0 Å². The molecule has 0 radical (unpaired) electrons. The minimum Gasteiger partial charge on any atom is -0.308 e. The van der Waals surface area contributed by atoms with E-state index < -0.39 is 0 Å². The third-order valence-electron chi connectivity index (χ3n) is 3.77. The van der Waals surface area contributed by atoms with Crippen LogP contribution in [0.25, 0.3) is 0 Å². The number of hydrogen-bond donors (Lipinski definition) is 1. The molecule has 2 heteroatoms. The second kappa shape index (κ2) is 6.73. The zero-order chi connectivity index (χ0) is 14.6. The normalized spacial score (nSPS) is 15.8. The Morgan fingerprint density at radius 3 is 2.50 bits per heavy atom. The first kappa shape index (κ1) is 15.5. The average Bonchev–Trinajstić information content (AvgIpc) is 3.20. The molecule has 0 amide bonds. The Morgan fingerprint density at radius 1 is 1.20 bits per heavy atom. The number of nitrogens with one attached hydrogen (secondary N) is 1. The number of benzene rings is 1. The van der Waals surface area contributed by atoms with E-state index in [4.69, 9.17) is 0 Å². The zero-order valence-corrected chi connectivity index (χ0v) is 13.6. The Hall–Kier alpha value is -0.860. The molecule has 1 aromatic carbocycles. The molecule has 0 bridgehead atoms. The Balaban J connectivity index is 1.94. The quantitative estimate of drug-likeness (QED) is 0.810. The van der Waals surface area contributed by atoms with Crippen molar-refractivity contribution in [3.63, 3.8) is 0 Å². The van der Waals surface area contributed by atoms with Crippen molar-refractivity contribution in [1.29, 1.82) is 0 Å². The van der Waals surface area contributed by atoms with Gasteiger partial charge in [0.15, 0.2) is 0 Å². The molecule has 0 spiro atoms. The minimum atomic E-state index is 0.179. The fourth-order valence-electron chi connectivity index (χ4n) is 2.56. The van der Waals surface area contributed by atoms with Crippen molar-refractivity contribution < 1.29 is 0 Å². The molecule has 0 saturated heterocycles. The van der Waals surface area contributed by atoms with Crippen LogP contribution in [0.3, 0.4) is 0 Å². The zero-order valence-electron chi connectivity index (χ0n) is 13.6. The Morgan fingerprint density at radius 2 is 1.90 bits per heavy atom. The van der Waals surface area contributed by atoms with Crippen LogP contribution in [0.15, 0.2) is 24.3 Å². The van der Waals surface area contributed by atoms with Crippen molar-refractivity contribution in [2.75, 3.05) is 6.54 Å². The van der Waals surface area contributed by atoms with Gasteiger partial charge in [-0.05, 0) is 57.7 Å². The van der Waals surface area contributed by atoms with Gasteiger partial charge in [-0.25, -0.2) is 0 Å².